The van der Waals surface area contributed by atoms with Crippen LogP contribution in [0, 0.1) is 0 Å². The lowest BCUT2D eigenvalue weighted by Crippen LogP contribution is -2.50. The summed E-state index contributed by atoms with van der Waals surface area (Å²) in [5.74, 6) is -0.973. The predicted octanol–water partition coefficient (Wildman–Crippen LogP) is 5.50. The third-order valence-electron chi connectivity index (χ3n) is 6.16. The molecule has 3 amide bonds. The fourth-order valence-electron chi connectivity index (χ4n) is 4.55. The van der Waals surface area contributed by atoms with Crippen LogP contribution in [0.2, 0.25) is 5.02 Å². The maximum Gasteiger partial charge on any atom is 0.355 e. The molecule has 3 aromatic rings. The standard InChI is InChI=1S/C29H28ClN3O4/c1-19-26(27(23-14-9-15-24(30)18-23)33(29(36)32-19)37-20(2)34)28(35)31-17-16-25(21-10-5-3-6-11-21)22-12-7-4-8-13-22/h3-15,18,25,27H,16-17H2,1-2H3,(H,31,35)(H,32,36). The van der Waals surface area contributed by atoms with Gasteiger partial charge in [-0.2, -0.15) is 0 Å². The fraction of sp³-hybridized carbons (Fsp3) is 0.207. The zero-order valence-corrected chi connectivity index (χ0v) is 21.4. The summed E-state index contributed by atoms with van der Waals surface area (Å²) in [5, 5.41) is 6.94. The number of nitrogens with zero attached hydrogens (tertiary/aromatic N) is 1. The van der Waals surface area contributed by atoms with E-state index in [9.17, 15) is 14.4 Å². The van der Waals surface area contributed by atoms with Gasteiger partial charge in [0.05, 0.1) is 5.57 Å². The molecule has 0 spiro atoms. The first-order chi connectivity index (χ1) is 17.8. The molecule has 0 bridgehead atoms. The van der Waals surface area contributed by atoms with E-state index >= 15 is 0 Å². The maximum atomic E-state index is 13.5. The first-order valence-corrected chi connectivity index (χ1v) is 12.4. The molecule has 1 aliphatic heterocycles. The van der Waals surface area contributed by atoms with Crippen LogP contribution in [-0.4, -0.2) is 29.5 Å². The number of hydroxylamine groups is 2. The van der Waals surface area contributed by atoms with Crippen LogP contribution >= 0.6 is 11.6 Å². The second kappa shape index (κ2) is 11.8. The van der Waals surface area contributed by atoms with Gasteiger partial charge in [-0.05, 0) is 42.2 Å². The fourth-order valence-corrected chi connectivity index (χ4v) is 4.75. The molecule has 2 N–H and O–H groups in total. The van der Waals surface area contributed by atoms with E-state index in [1.165, 1.54) is 6.92 Å². The van der Waals surface area contributed by atoms with E-state index < -0.39 is 18.0 Å². The Morgan fingerprint density at radius 3 is 2.19 bits per heavy atom. The second-order valence-electron chi connectivity index (χ2n) is 8.75. The number of nitrogens with one attached hydrogen (secondary N) is 2. The number of rotatable bonds is 8. The highest BCUT2D eigenvalue weighted by Crippen LogP contribution is 2.35. The van der Waals surface area contributed by atoms with Crippen molar-refractivity contribution in [3.8, 4) is 0 Å². The minimum Gasteiger partial charge on any atom is -0.352 e. The van der Waals surface area contributed by atoms with Gasteiger partial charge in [-0.1, -0.05) is 84.4 Å². The van der Waals surface area contributed by atoms with Crippen molar-refractivity contribution in [3.63, 3.8) is 0 Å². The number of hydrogen-bond donors (Lipinski definition) is 2. The summed E-state index contributed by atoms with van der Waals surface area (Å²) in [5.41, 5.74) is 3.49. The third kappa shape index (κ3) is 6.19. The summed E-state index contributed by atoms with van der Waals surface area (Å²) in [6.45, 7) is 3.22. The van der Waals surface area contributed by atoms with Crippen molar-refractivity contribution in [2.75, 3.05) is 6.54 Å². The Labute approximate surface area is 221 Å². The van der Waals surface area contributed by atoms with Gasteiger partial charge in [-0.15, -0.1) is 5.06 Å². The van der Waals surface area contributed by atoms with Crippen LogP contribution in [0.5, 0.6) is 0 Å². The van der Waals surface area contributed by atoms with Crippen LogP contribution in [0.1, 0.15) is 48.9 Å². The first kappa shape index (κ1) is 26.0. The minimum atomic E-state index is -0.963. The van der Waals surface area contributed by atoms with Crippen molar-refractivity contribution in [2.45, 2.75) is 32.2 Å². The summed E-state index contributed by atoms with van der Waals surface area (Å²) in [6.07, 6.45) is 0.661. The van der Waals surface area contributed by atoms with Crippen molar-refractivity contribution >= 4 is 29.5 Å². The zero-order valence-electron chi connectivity index (χ0n) is 20.6. The topological polar surface area (TPSA) is 87.7 Å². The Hall–Kier alpha value is -4.10. The lowest BCUT2D eigenvalue weighted by molar-refractivity contribution is -0.181. The van der Waals surface area contributed by atoms with Crippen LogP contribution in [-0.2, 0) is 14.4 Å². The highest BCUT2D eigenvalue weighted by molar-refractivity contribution is 6.30. The summed E-state index contributed by atoms with van der Waals surface area (Å²) in [4.78, 5) is 43.3. The Bertz CT molecular complexity index is 1270. The van der Waals surface area contributed by atoms with Crippen LogP contribution in [0.4, 0.5) is 4.79 Å². The molecule has 1 heterocycles. The quantitative estimate of drug-likeness (QED) is 0.413. The monoisotopic (exact) mass is 517 g/mol. The van der Waals surface area contributed by atoms with Gasteiger partial charge >= 0.3 is 12.0 Å². The van der Waals surface area contributed by atoms with Crippen molar-refractivity contribution in [1.29, 1.82) is 0 Å². The van der Waals surface area contributed by atoms with E-state index in [0.717, 1.165) is 16.2 Å². The smallest absolute Gasteiger partial charge is 0.352 e. The first-order valence-electron chi connectivity index (χ1n) is 12.0. The van der Waals surface area contributed by atoms with E-state index in [0.29, 0.717) is 29.2 Å². The molecule has 0 radical (unpaired) electrons. The Balaban J connectivity index is 1.59. The van der Waals surface area contributed by atoms with Crippen LogP contribution < -0.4 is 10.6 Å². The minimum absolute atomic E-state index is 0.0881. The molecule has 0 aliphatic carbocycles. The van der Waals surface area contributed by atoms with Crippen molar-refractivity contribution in [1.82, 2.24) is 15.7 Å². The number of benzene rings is 3. The molecule has 0 saturated carbocycles. The Morgan fingerprint density at radius 2 is 1.62 bits per heavy atom. The number of allylic oxidation sites excluding steroid dienone is 1. The molecule has 1 aliphatic rings. The van der Waals surface area contributed by atoms with Crippen molar-refractivity contribution in [3.05, 3.63) is 118 Å². The molecular formula is C29H28ClN3O4. The highest BCUT2D eigenvalue weighted by Gasteiger charge is 2.40. The molecule has 0 aromatic heterocycles. The summed E-state index contributed by atoms with van der Waals surface area (Å²) < 4.78 is 0. The lowest BCUT2D eigenvalue weighted by Gasteiger charge is -2.36. The Morgan fingerprint density at radius 1 is 1.00 bits per heavy atom. The van der Waals surface area contributed by atoms with E-state index in [1.807, 2.05) is 36.4 Å². The van der Waals surface area contributed by atoms with E-state index in [1.54, 1.807) is 31.2 Å². The zero-order chi connectivity index (χ0) is 26.4. The maximum absolute atomic E-state index is 13.5. The van der Waals surface area contributed by atoms with Gasteiger partial charge in [0, 0.05) is 30.1 Å². The van der Waals surface area contributed by atoms with Gasteiger partial charge in [0.15, 0.2) is 0 Å². The van der Waals surface area contributed by atoms with Gasteiger partial charge < -0.3 is 15.5 Å². The van der Waals surface area contributed by atoms with E-state index in [-0.39, 0.29) is 17.4 Å². The lowest BCUT2D eigenvalue weighted by atomic mass is 9.88. The summed E-state index contributed by atoms with van der Waals surface area (Å²) >= 11 is 6.21. The van der Waals surface area contributed by atoms with Crippen LogP contribution in [0.25, 0.3) is 0 Å². The molecule has 3 aromatic carbocycles. The molecule has 8 heteroatoms. The summed E-state index contributed by atoms with van der Waals surface area (Å²) in [7, 11) is 0. The van der Waals surface area contributed by atoms with Crippen LogP contribution in [0.15, 0.2) is 96.2 Å². The molecule has 0 fully saturated rings. The molecule has 7 nitrogen and oxygen atoms in total. The normalized spacial score (nSPS) is 15.4. The number of carbonyl (C=O) groups is 3. The van der Waals surface area contributed by atoms with Gasteiger partial charge in [0.2, 0.25) is 0 Å². The number of urea groups is 1. The largest absolute Gasteiger partial charge is 0.355 e. The highest BCUT2D eigenvalue weighted by atomic mass is 35.5. The molecule has 4 rings (SSSR count). The van der Waals surface area contributed by atoms with E-state index in [2.05, 4.69) is 34.9 Å². The molecule has 1 unspecified atom stereocenters. The average Bonchev–Trinajstić information content (AvgIpc) is 2.88. The van der Waals surface area contributed by atoms with Gasteiger partial charge in [0.1, 0.15) is 6.04 Å². The van der Waals surface area contributed by atoms with Crippen molar-refractivity contribution in [2.24, 2.45) is 0 Å². The number of amides is 3. The summed E-state index contributed by atoms with van der Waals surface area (Å²) in [6, 6.07) is 25.4. The predicted molar refractivity (Wildman–Crippen MR) is 141 cm³/mol. The number of carbonyl (C=O) groups excluding carboxylic acids is 3. The van der Waals surface area contributed by atoms with Gasteiger partial charge in [-0.25, -0.2) is 4.79 Å². The second-order valence-corrected chi connectivity index (χ2v) is 9.19. The molecule has 1 atom stereocenters. The average molecular weight is 518 g/mol. The SMILES string of the molecule is CC(=O)ON1C(=O)NC(C)=C(C(=O)NCCC(c2ccccc2)c2ccccc2)C1c1cccc(Cl)c1. The van der Waals surface area contributed by atoms with E-state index in [4.69, 9.17) is 16.4 Å². The van der Waals surface area contributed by atoms with Gasteiger partial charge in [-0.3, -0.25) is 9.59 Å². The third-order valence-corrected chi connectivity index (χ3v) is 6.40. The van der Waals surface area contributed by atoms with Crippen molar-refractivity contribution < 1.29 is 19.2 Å². The molecule has 0 saturated heterocycles. The number of hydrogen-bond acceptors (Lipinski definition) is 4. The molecule has 190 valence electrons. The number of halogens is 1. The molecule has 37 heavy (non-hydrogen) atoms. The Kier molecular flexibility index (Phi) is 8.25. The van der Waals surface area contributed by atoms with Crippen LogP contribution in [0.3, 0.4) is 0 Å². The molecular weight excluding hydrogens is 490 g/mol. The van der Waals surface area contributed by atoms with Gasteiger partial charge in [0.25, 0.3) is 5.91 Å².